The largest absolute Gasteiger partial charge is 0.481 e. The summed E-state index contributed by atoms with van der Waals surface area (Å²) in [5.41, 5.74) is -0.939. The summed E-state index contributed by atoms with van der Waals surface area (Å²) >= 11 is 0. The molecule has 0 aromatic rings. The van der Waals surface area contributed by atoms with Crippen LogP contribution < -0.4 is 0 Å². The average Bonchev–Trinajstić information content (AvgIpc) is 2.80. The molecule has 202 valence electrons. The Hall–Kier alpha value is -2.22. The summed E-state index contributed by atoms with van der Waals surface area (Å²) in [6, 6.07) is 2.16. The van der Waals surface area contributed by atoms with Crippen molar-refractivity contribution < 1.29 is 19.5 Å². The van der Waals surface area contributed by atoms with Crippen LogP contribution in [0.5, 0.6) is 0 Å². The molecule has 4 rings (SSSR count). The fourth-order valence-electron chi connectivity index (χ4n) is 8.95. The van der Waals surface area contributed by atoms with E-state index in [1.165, 1.54) is 0 Å². The molecule has 4 aliphatic carbocycles. The van der Waals surface area contributed by atoms with Crippen LogP contribution in [0.15, 0.2) is 23.3 Å². The molecular weight excluding hydrogens is 462 g/mol. The van der Waals surface area contributed by atoms with Crippen molar-refractivity contribution in [1.82, 2.24) is 0 Å². The van der Waals surface area contributed by atoms with Crippen molar-refractivity contribution in [3.8, 4) is 6.07 Å². The normalized spacial score (nSPS) is 45.2. The van der Waals surface area contributed by atoms with Crippen LogP contribution in [0.4, 0.5) is 0 Å². The van der Waals surface area contributed by atoms with Gasteiger partial charge in [0.15, 0.2) is 11.6 Å². The molecule has 0 bridgehead atoms. The molecule has 0 saturated heterocycles. The molecule has 1 N–H and O–H groups in total. The lowest BCUT2D eigenvalue weighted by atomic mass is 9.40. The average molecular weight is 508 g/mol. The molecule has 37 heavy (non-hydrogen) atoms. The highest BCUT2D eigenvalue weighted by Gasteiger charge is 2.63. The molecule has 5 nitrogen and oxygen atoms in total. The number of ketones is 2. The Morgan fingerprint density at radius 3 is 2.27 bits per heavy atom. The van der Waals surface area contributed by atoms with Crippen LogP contribution in [0.2, 0.25) is 0 Å². The van der Waals surface area contributed by atoms with E-state index >= 15 is 0 Å². The summed E-state index contributed by atoms with van der Waals surface area (Å²) in [4.78, 5) is 38.3. The number of hydrogen-bond donors (Lipinski definition) is 1. The molecule has 0 aromatic heterocycles. The highest BCUT2D eigenvalue weighted by molar-refractivity contribution is 6.04. The van der Waals surface area contributed by atoms with E-state index in [9.17, 15) is 24.8 Å². The Morgan fingerprint density at radius 2 is 1.70 bits per heavy atom. The number of Topliss-reactive ketones (excluding diaryl/α,β-unsaturated/α-hetero) is 1. The monoisotopic (exact) mass is 507 g/mol. The van der Waals surface area contributed by atoms with Crippen LogP contribution in [0.1, 0.15) is 107 Å². The van der Waals surface area contributed by atoms with Crippen molar-refractivity contribution in [1.29, 1.82) is 5.26 Å². The predicted molar refractivity (Wildman–Crippen MR) is 143 cm³/mol. The van der Waals surface area contributed by atoms with E-state index in [0.717, 1.165) is 37.7 Å². The smallest absolute Gasteiger partial charge is 0.309 e. The summed E-state index contributed by atoms with van der Waals surface area (Å²) in [6.45, 7) is 17.0. The van der Waals surface area contributed by atoms with Crippen LogP contribution in [0, 0.1) is 55.7 Å². The molecule has 5 heteroatoms. The molecule has 0 radical (unpaired) electrons. The third kappa shape index (κ3) is 3.88. The number of carboxylic acid groups (broad SMARTS) is 1. The lowest BCUT2D eigenvalue weighted by Gasteiger charge is -2.63. The van der Waals surface area contributed by atoms with Crippen molar-refractivity contribution in [2.45, 2.75) is 107 Å². The molecule has 0 unspecified atom stereocenters. The topological polar surface area (TPSA) is 95.2 Å². The third-order valence-corrected chi connectivity index (χ3v) is 12.3. The molecule has 0 amide bonds. The molecule has 4 aliphatic rings. The maximum Gasteiger partial charge on any atom is 0.309 e. The van der Waals surface area contributed by atoms with Gasteiger partial charge in [-0.25, -0.2) is 0 Å². The third-order valence-electron chi connectivity index (χ3n) is 12.3. The summed E-state index contributed by atoms with van der Waals surface area (Å²) < 4.78 is 0. The van der Waals surface area contributed by atoms with Gasteiger partial charge in [-0.15, -0.1) is 0 Å². The molecule has 2 fully saturated rings. The van der Waals surface area contributed by atoms with E-state index in [1.807, 2.05) is 32.9 Å². The SMILES string of the molecule is C[C@@H]1C[C@@](C)(C(=O)O)CC[C@]1(C)CC[C@]1(C)CC(=O)C=C2[C@@]3(C)C=C(C#N)C(=O)C(C)(C)[C@@H]3CC[C@]21C. The van der Waals surface area contributed by atoms with Crippen LogP contribution in [-0.4, -0.2) is 22.6 Å². The maximum atomic E-state index is 13.3. The minimum absolute atomic E-state index is 0.0347. The molecule has 0 aromatic carbocycles. The Morgan fingerprint density at radius 1 is 1.05 bits per heavy atom. The van der Waals surface area contributed by atoms with Crippen molar-refractivity contribution in [2.75, 3.05) is 0 Å². The summed E-state index contributed by atoms with van der Waals surface area (Å²) in [5.74, 6) is -0.314. The van der Waals surface area contributed by atoms with Crippen molar-refractivity contribution in [2.24, 2.45) is 44.3 Å². The van der Waals surface area contributed by atoms with Gasteiger partial charge in [0.25, 0.3) is 0 Å². The second-order valence-electron chi connectivity index (χ2n) is 14.8. The first-order valence-electron chi connectivity index (χ1n) is 14.1. The van der Waals surface area contributed by atoms with Crippen molar-refractivity contribution >= 4 is 17.5 Å². The van der Waals surface area contributed by atoms with E-state index in [0.29, 0.717) is 19.3 Å². The number of carbonyl (C=O) groups excluding carboxylic acids is 2. The standard InChI is InChI=1S/C32H45NO4/c1-20-16-29(5,26(36)37)12-11-28(20,4)13-14-30(6)18-22(34)15-24-31(7)17-21(19-33)25(35)27(2,3)23(31)9-10-32(24,30)8/h15,17,20,23H,9-14,16,18H2,1-8H3,(H,36,37)/t20-,23+,28-,29+,30-,31+,32-/m1/s1. The Balaban J connectivity index is 1.68. The minimum Gasteiger partial charge on any atom is -0.481 e. The van der Waals surface area contributed by atoms with Gasteiger partial charge in [-0.2, -0.15) is 5.26 Å². The van der Waals surface area contributed by atoms with Crippen LogP contribution in [0.3, 0.4) is 0 Å². The Kier molecular flexibility index (Phi) is 6.30. The number of aliphatic carboxylic acids is 1. The van der Waals surface area contributed by atoms with Crippen LogP contribution >= 0.6 is 0 Å². The Labute approximate surface area is 222 Å². The minimum atomic E-state index is -0.697. The number of nitriles is 1. The first-order valence-corrected chi connectivity index (χ1v) is 14.1. The van der Waals surface area contributed by atoms with Gasteiger partial charge < -0.3 is 5.11 Å². The zero-order chi connectivity index (χ0) is 27.8. The van der Waals surface area contributed by atoms with E-state index in [1.54, 1.807) is 0 Å². The first kappa shape index (κ1) is 27.8. The number of carboxylic acids is 1. The second-order valence-corrected chi connectivity index (χ2v) is 14.8. The van der Waals surface area contributed by atoms with Crippen LogP contribution in [-0.2, 0) is 14.4 Å². The van der Waals surface area contributed by atoms with Gasteiger partial charge >= 0.3 is 5.97 Å². The van der Waals surface area contributed by atoms with E-state index in [2.05, 4.69) is 40.7 Å². The number of hydrogen-bond acceptors (Lipinski definition) is 4. The van der Waals surface area contributed by atoms with Gasteiger partial charge in [-0.05, 0) is 86.0 Å². The molecule has 7 atom stereocenters. The summed E-state index contributed by atoms with van der Waals surface area (Å²) in [7, 11) is 0. The van der Waals surface area contributed by atoms with Crippen molar-refractivity contribution in [3.63, 3.8) is 0 Å². The lowest BCUT2D eigenvalue weighted by Crippen LogP contribution is -2.57. The number of carbonyl (C=O) groups is 3. The van der Waals surface area contributed by atoms with Gasteiger partial charge in [0.2, 0.25) is 0 Å². The maximum absolute atomic E-state index is 13.3. The zero-order valence-electron chi connectivity index (χ0n) is 24.1. The van der Waals surface area contributed by atoms with Gasteiger partial charge in [0.1, 0.15) is 6.07 Å². The van der Waals surface area contributed by atoms with Crippen LogP contribution in [0.25, 0.3) is 0 Å². The zero-order valence-corrected chi connectivity index (χ0v) is 24.1. The number of nitrogens with zero attached hydrogens (tertiary/aromatic N) is 1. The first-order chi connectivity index (χ1) is 16.9. The number of allylic oxidation sites excluding steroid dienone is 4. The van der Waals surface area contributed by atoms with Gasteiger partial charge in [0.05, 0.1) is 11.0 Å². The second kappa shape index (κ2) is 8.39. The van der Waals surface area contributed by atoms with Gasteiger partial charge in [-0.1, -0.05) is 60.1 Å². The van der Waals surface area contributed by atoms with Crippen molar-refractivity contribution in [3.05, 3.63) is 23.3 Å². The van der Waals surface area contributed by atoms with E-state index in [-0.39, 0.29) is 45.2 Å². The van der Waals surface area contributed by atoms with E-state index < -0.39 is 22.2 Å². The summed E-state index contributed by atoms with van der Waals surface area (Å²) in [5, 5.41) is 19.6. The molecule has 0 aliphatic heterocycles. The quantitative estimate of drug-likeness (QED) is 0.439. The number of fused-ring (bicyclic) bond motifs is 3. The Bertz CT molecular complexity index is 1160. The molecule has 2 saturated carbocycles. The fraction of sp³-hybridized carbons (Fsp3) is 0.750. The predicted octanol–water partition coefficient (Wildman–Crippen LogP) is 7.07. The van der Waals surface area contributed by atoms with E-state index in [4.69, 9.17) is 0 Å². The molecular formula is C32H45NO4. The molecule has 0 spiro atoms. The van der Waals surface area contributed by atoms with Gasteiger partial charge in [0, 0.05) is 17.3 Å². The lowest BCUT2D eigenvalue weighted by molar-refractivity contribution is -0.153. The highest BCUT2D eigenvalue weighted by Crippen LogP contribution is 2.69. The molecule has 0 heterocycles. The number of rotatable bonds is 4. The highest BCUT2D eigenvalue weighted by atomic mass is 16.4. The van der Waals surface area contributed by atoms with Gasteiger partial charge in [-0.3, -0.25) is 14.4 Å². The fourth-order valence-corrected chi connectivity index (χ4v) is 8.95. The summed E-state index contributed by atoms with van der Waals surface area (Å²) in [6.07, 6.45) is 10.1.